The highest BCUT2D eigenvalue weighted by molar-refractivity contribution is 6.39. The van der Waals surface area contributed by atoms with E-state index < -0.39 is 23.0 Å². The second-order valence-corrected chi connectivity index (χ2v) is 12.0. The van der Waals surface area contributed by atoms with Gasteiger partial charge in [-0.25, -0.2) is 13.8 Å². The number of carbonyl (C=O) groups is 2. The van der Waals surface area contributed by atoms with Gasteiger partial charge in [0.1, 0.15) is 23.2 Å². The molecule has 0 bridgehead atoms. The van der Waals surface area contributed by atoms with E-state index in [9.17, 15) is 14.0 Å². The van der Waals surface area contributed by atoms with E-state index in [1.165, 1.54) is 24.3 Å². The summed E-state index contributed by atoms with van der Waals surface area (Å²) in [5, 5.41) is 5.96. The van der Waals surface area contributed by atoms with Crippen LogP contribution in [0.1, 0.15) is 55.1 Å². The Kier molecular flexibility index (Phi) is 9.26. The number of nitrogens with one attached hydrogen (secondary N) is 2. The van der Waals surface area contributed by atoms with Gasteiger partial charge in [0, 0.05) is 36.8 Å². The van der Waals surface area contributed by atoms with Crippen molar-refractivity contribution in [3.63, 3.8) is 0 Å². The Labute approximate surface area is 252 Å². The van der Waals surface area contributed by atoms with Crippen molar-refractivity contribution in [2.45, 2.75) is 46.6 Å². The number of hydrogen-bond donors (Lipinski definition) is 2. The standard InChI is InChI=1S/C30H29Cl3F2N4O2/c1-30(2,3)29(41)36-15-17-8-10-21(32)27(26(17)33)38-25-7-5-6-16-12-19(22(34)14-24(16)39(25)4)28(40)37-18-9-11-20(31)23(35)13-18/h8-14H,5-7,15H2,1-4H3,(H,36,41)(H,37,40). The smallest absolute Gasteiger partial charge is 0.258 e. The van der Waals surface area contributed by atoms with E-state index in [1.807, 2.05) is 20.8 Å². The van der Waals surface area contributed by atoms with Crippen molar-refractivity contribution in [3.05, 3.63) is 85.9 Å². The van der Waals surface area contributed by atoms with Crippen LogP contribution in [0.2, 0.25) is 15.1 Å². The molecule has 6 nitrogen and oxygen atoms in total. The van der Waals surface area contributed by atoms with Crippen LogP contribution >= 0.6 is 34.8 Å². The maximum atomic E-state index is 15.2. The van der Waals surface area contributed by atoms with Crippen LogP contribution in [0.25, 0.3) is 0 Å². The number of benzene rings is 3. The molecule has 11 heteroatoms. The second-order valence-electron chi connectivity index (χ2n) is 10.8. The van der Waals surface area contributed by atoms with Crippen molar-refractivity contribution in [2.24, 2.45) is 10.4 Å². The number of hydrogen-bond acceptors (Lipinski definition) is 3. The zero-order valence-corrected chi connectivity index (χ0v) is 25.2. The van der Waals surface area contributed by atoms with E-state index in [0.717, 1.165) is 11.6 Å². The summed E-state index contributed by atoms with van der Waals surface area (Å²) in [6.07, 6.45) is 1.77. The van der Waals surface area contributed by atoms with Gasteiger partial charge < -0.3 is 15.5 Å². The van der Waals surface area contributed by atoms with Gasteiger partial charge in [-0.05, 0) is 60.4 Å². The Hall–Kier alpha value is -3.20. The highest BCUT2D eigenvalue weighted by Crippen LogP contribution is 2.38. The number of nitrogens with zero attached hydrogens (tertiary/aromatic N) is 2. The molecular weight excluding hydrogens is 593 g/mol. The third-order valence-corrected chi connectivity index (χ3v) is 7.73. The molecule has 3 aromatic rings. The van der Waals surface area contributed by atoms with E-state index in [0.29, 0.717) is 52.1 Å². The molecule has 3 aromatic carbocycles. The molecule has 0 aliphatic carbocycles. The quantitative estimate of drug-likeness (QED) is 0.301. The van der Waals surface area contributed by atoms with Crippen LogP contribution in [0.4, 0.5) is 25.8 Å². The minimum absolute atomic E-state index is 0.0821. The van der Waals surface area contributed by atoms with Crippen molar-refractivity contribution in [1.82, 2.24) is 5.32 Å². The number of aryl methyl sites for hydroxylation is 1. The highest BCUT2D eigenvalue weighted by Gasteiger charge is 2.24. The van der Waals surface area contributed by atoms with E-state index in [1.54, 1.807) is 24.1 Å². The lowest BCUT2D eigenvalue weighted by Gasteiger charge is -2.23. The lowest BCUT2D eigenvalue weighted by Crippen LogP contribution is -2.34. The summed E-state index contributed by atoms with van der Waals surface area (Å²) < 4.78 is 29.0. The van der Waals surface area contributed by atoms with Crippen molar-refractivity contribution in [2.75, 3.05) is 17.3 Å². The number of carbonyl (C=O) groups excluding carboxylic acids is 2. The molecule has 4 rings (SSSR count). The van der Waals surface area contributed by atoms with E-state index in [2.05, 4.69) is 10.6 Å². The summed E-state index contributed by atoms with van der Waals surface area (Å²) in [6, 6.07) is 10.0. The number of amides is 2. The first-order valence-corrected chi connectivity index (χ1v) is 14.0. The third kappa shape index (κ3) is 7.00. The molecule has 0 saturated heterocycles. The highest BCUT2D eigenvalue weighted by atomic mass is 35.5. The first-order chi connectivity index (χ1) is 19.3. The molecule has 216 valence electrons. The molecule has 2 N–H and O–H groups in total. The molecule has 1 heterocycles. The second kappa shape index (κ2) is 12.3. The molecule has 2 amide bonds. The summed E-state index contributed by atoms with van der Waals surface area (Å²) >= 11 is 18.9. The first-order valence-electron chi connectivity index (χ1n) is 12.9. The van der Waals surface area contributed by atoms with Crippen molar-refractivity contribution in [3.8, 4) is 0 Å². The predicted octanol–water partition coefficient (Wildman–Crippen LogP) is 8.34. The van der Waals surface area contributed by atoms with Gasteiger partial charge in [-0.3, -0.25) is 9.59 Å². The largest absolute Gasteiger partial charge is 0.352 e. The van der Waals surface area contributed by atoms with Crippen LogP contribution in [0, 0.1) is 17.0 Å². The Balaban J connectivity index is 1.61. The van der Waals surface area contributed by atoms with Gasteiger partial charge in [0.2, 0.25) is 5.91 Å². The Morgan fingerprint density at radius 2 is 1.68 bits per heavy atom. The minimum Gasteiger partial charge on any atom is -0.352 e. The Morgan fingerprint density at radius 1 is 0.976 bits per heavy atom. The van der Waals surface area contributed by atoms with E-state index in [-0.39, 0.29) is 28.7 Å². The molecule has 1 aliphatic heterocycles. The van der Waals surface area contributed by atoms with Crippen LogP contribution in [-0.4, -0.2) is 24.7 Å². The molecule has 41 heavy (non-hydrogen) atoms. The van der Waals surface area contributed by atoms with Crippen LogP contribution in [-0.2, 0) is 17.8 Å². The Bertz CT molecular complexity index is 1550. The molecule has 0 unspecified atom stereocenters. The molecule has 0 atom stereocenters. The van der Waals surface area contributed by atoms with Gasteiger partial charge in [-0.1, -0.05) is 61.6 Å². The number of aliphatic imine (C=N–C) groups is 1. The van der Waals surface area contributed by atoms with Crippen LogP contribution in [0.3, 0.4) is 0 Å². The van der Waals surface area contributed by atoms with Gasteiger partial charge >= 0.3 is 0 Å². The summed E-state index contributed by atoms with van der Waals surface area (Å²) in [5.41, 5.74) is 1.76. The van der Waals surface area contributed by atoms with E-state index >= 15 is 4.39 Å². The summed E-state index contributed by atoms with van der Waals surface area (Å²) in [7, 11) is 1.76. The summed E-state index contributed by atoms with van der Waals surface area (Å²) in [5.74, 6) is -1.65. The lowest BCUT2D eigenvalue weighted by atomic mass is 9.95. The molecular formula is C30H29Cl3F2N4O2. The predicted molar refractivity (Wildman–Crippen MR) is 162 cm³/mol. The minimum atomic E-state index is -0.739. The Morgan fingerprint density at radius 3 is 2.37 bits per heavy atom. The molecule has 0 radical (unpaired) electrons. The first kappa shape index (κ1) is 30.8. The maximum Gasteiger partial charge on any atom is 0.258 e. The van der Waals surface area contributed by atoms with Gasteiger partial charge in [0.15, 0.2) is 0 Å². The monoisotopic (exact) mass is 620 g/mol. The normalized spacial score (nSPS) is 14.5. The van der Waals surface area contributed by atoms with Gasteiger partial charge in [0.25, 0.3) is 5.91 Å². The number of fused-ring (bicyclic) bond motifs is 1. The number of rotatable bonds is 5. The van der Waals surface area contributed by atoms with E-state index in [4.69, 9.17) is 39.8 Å². The van der Waals surface area contributed by atoms with Gasteiger partial charge in [0.05, 0.1) is 20.6 Å². The maximum absolute atomic E-state index is 15.2. The fourth-order valence-corrected chi connectivity index (χ4v) is 4.97. The van der Waals surface area contributed by atoms with Gasteiger partial charge in [-0.2, -0.15) is 0 Å². The summed E-state index contributed by atoms with van der Waals surface area (Å²) in [4.78, 5) is 31.7. The molecule has 0 spiro atoms. The fraction of sp³-hybridized carbons (Fsp3) is 0.300. The molecule has 0 fully saturated rings. The van der Waals surface area contributed by atoms with Crippen molar-refractivity contribution >= 4 is 69.5 Å². The van der Waals surface area contributed by atoms with Crippen molar-refractivity contribution in [1.29, 1.82) is 0 Å². The average molecular weight is 622 g/mol. The molecule has 1 aliphatic rings. The average Bonchev–Trinajstić information content (AvgIpc) is 3.05. The van der Waals surface area contributed by atoms with Gasteiger partial charge in [-0.15, -0.1) is 0 Å². The van der Waals surface area contributed by atoms with Crippen molar-refractivity contribution < 1.29 is 18.4 Å². The number of amidine groups is 1. The zero-order chi connectivity index (χ0) is 30.1. The van der Waals surface area contributed by atoms with Crippen LogP contribution < -0.4 is 15.5 Å². The topological polar surface area (TPSA) is 73.8 Å². The lowest BCUT2D eigenvalue weighted by molar-refractivity contribution is -0.128. The van der Waals surface area contributed by atoms with Crippen LogP contribution in [0.15, 0.2) is 47.5 Å². The SMILES string of the molecule is CN1C(=Nc2c(Cl)ccc(CNC(=O)C(C)(C)C)c2Cl)CCCc2cc(C(=O)Nc3ccc(Cl)c(F)c3)c(F)cc21. The third-order valence-electron chi connectivity index (χ3n) is 6.69. The number of anilines is 2. The van der Waals surface area contributed by atoms with Crippen LogP contribution in [0.5, 0.6) is 0 Å². The number of halogens is 5. The summed E-state index contributed by atoms with van der Waals surface area (Å²) in [6.45, 7) is 5.67. The molecule has 0 aromatic heterocycles. The molecule has 0 saturated carbocycles. The fourth-order valence-electron chi connectivity index (χ4n) is 4.33. The zero-order valence-electron chi connectivity index (χ0n) is 23.0.